The van der Waals surface area contributed by atoms with Crippen LogP contribution >= 0.6 is 11.6 Å². The van der Waals surface area contributed by atoms with Crippen molar-refractivity contribution in [3.8, 4) is 23.0 Å². The molecule has 0 N–H and O–H groups in total. The number of anilines is 1. The van der Waals surface area contributed by atoms with Crippen LogP contribution < -0.4 is 23.8 Å². The van der Waals surface area contributed by atoms with Crippen molar-refractivity contribution in [1.82, 2.24) is 0 Å². The normalized spacial score (nSPS) is 13.8. The van der Waals surface area contributed by atoms with Gasteiger partial charge >= 0.3 is 0 Å². The Bertz CT molecular complexity index is 985. The number of hydrogen-bond donors (Lipinski definition) is 0. The highest BCUT2D eigenvalue weighted by Crippen LogP contribution is 2.41. The number of hydrogen-bond acceptors (Lipinski definition) is 6. The molecule has 2 aromatic carbocycles. The monoisotopic (exact) mass is 403 g/mol. The average Bonchev–Trinajstić information content (AvgIpc) is 2.95. The number of ether oxygens (including phenoxy) is 4. The van der Waals surface area contributed by atoms with Gasteiger partial charge in [-0.05, 0) is 29.8 Å². The Morgan fingerprint density at radius 2 is 1.39 bits per heavy atom. The summed E-state index contributed by atoms with van der Waals surface area (Å²) in [4.78, 5) is 26.9. The predicted octanol–water partition coefficient (Wildman–Crippen LogP) is 3.24. The van der Waals surface area contributed by atoms with Crippen LogP contribution in [0.2, 0.25) is 0 Å². The van der Waals surface area contributed by atoms with Crippen molar-refractivity contribution in [2.24, 2.45) is 0 Å². The molecular weight excluding hydrogens is 386 g/mol. The number of nitrogens with zero attached hydrogens (tertiary/aromatic N) is 1. The van der Waals surface area contributed by atoms with E-state index in [2.05, 4.69) is 0 Å². The van der Waals surface area contributed by atoms with Crippen LogP contribution in [-0.2, 0) is 9.59 Å². The lowest BCUT2D eigenvalue weighted by Gasteiger charge is -2.19. The van der Waals surface area contributed by atoms with Gasteiger partial charge in [-0.15, -0.1) is 0 Å². The highest BCUT2D eigenvalue weighted by Gasteiger charge is 2.41. The highest BCUT2D eigenvalue weighted by molar-refractivity contribution is 6.60. The van der Waals surface area contributed by atoms with Crippen LogP contribution in [0.15, 0.2) is 41.4 Å². The van der Waals surface area contributed by atoms with Crippen molar-refractivity contribution in [3.05, 3.63) is 47.0 Å². The lowest BCUT2D eigenvalue weighted by molar-refractivity contribution is -0.119. The van der Waals surface area contributed by atoms with Crippen LogP contribution in [0.3, 0.4) is 0 Å². The smallest absolute Gasteiger partial charge is 0.277 e. The summed E-state index contributed by atoms with van der Waals surface area (Å²) >= 11 is 6.26. The van der Waals surface area contributed by atoms with Crippen LogP contribution in [0.25, 0.3) is 5.57 Å². The molecule has 0 fully saturated rings. The summed E-state index contributed by atoms with van der Waals surface area (Å²) in [6.45, 7) is 0. The molecule has 0 saturated heterocycles. The summed E-state index contributed by atoms with van der Waals surface area (Å²) in [6.07, 6.45) is 0. The van der Waals surface area contributed by atoms with E-state index in [-0.39, 0.29) is 16.3 Å². The first kappa shape index (κ1) is 19.6. The molecule has 146 valence electrons. The van der Waals surface area contributed by atoms with E-state index in [1.165, 1.54) is 34.5 Å². The molecule has 0 bridgehead atoms. The number of carbonyl (C=O) groups is 2. The van der Waals surface area contributed by atoms with Crippen molar-refractivity contribution in [1.29, 1.82) is 0 Å². The van der Waals surface area contributed by atoms with Crippen LogP contribution in [0.5, 0.6) is 23.0 Å². The molecule has 1 heterocycles. The van der Waals surface area contributed by atoms with Crippen LogP contribution in [0.1, 0.15) is 5.56 Å². The predicted molar refractivity (Wildman–Crippen MR) is 104 cm³/mol. The van der Waals surface area contributed by atoms with Crippen LogP contribution in [0, 0.1) is 0 Å². The number of carbonyl (C=O) groups excluding carboxylic acids is 2. The minimum absolute atomic E-state index is 0.0671. The second-order valence-electron chi connectivity index (χ2n) is 5.74. The summed E-state index contributed by atoms with van der Waals surface area (Å²) in [5, 5.41) is -0.193. The third kappa shape index (κ3) is 3.14. The molecule has 2 aromatic rings. The Kier molecular flexibility index (Phi) is 5.46. The molecule has 0 aliphatic carbocycles. The second kappa shape index (κ2) is 7.82. The third-order valence-electron chi connectivity index (χ3n) is 4.33. The van der Waals surface area contributed by atoms with E-state index < -0.39 is 11.8 Å². The Morgan fingerprint density at radius 3 is 2.00 bits per heavy atom. The number of rotatable bonds is 6. The summed E-state index contributed by atoms with van der Waals surface area (Å²) < 4.78 is 21.0. The number of methoxy groups -OCH3 is 4. The molecule has 0 saturated carbocycles. The Labute approximate surface area is 167 Å². The summed E-state index contributed by atoms with van der Waals surface area (Å²) in [5.74, 6) is 0.477. The molecule has 7 nitrogen and oxygen atoms in total. The first-order valence-corrected chi connectivity index (χ1v) is 8.57. The second-order valence-corrected chi connectivity index (χ2v) is 6.12. The maximum Gasteiger partial charge on any atom is 0.277 e. The minimum Gasteiger partial charge on any atom is -0.497 e. The van der Waals surface area contributed by atoms with Gasteiger partial charge in [-0.25, -0.2) is 4.90 Å². The molecule has 8 heteroatoms. The van der Waals surface area contributed by atoms with Crippen LogP contribution in [0.4, 0.5) is 5.69 Å². The Hall–Kier alpha value is -3.19. The fraction of sp³-hybridized carbons (Fsp3) is 0.200. The molecule has 1 aliphatic rings. The summed E-state index contributed by atoms with van der Waals surface area (Å²) in [6, 6.07) is 9.67. The van der Waals surface area contributed by atoms with E-state index in [9.17, 15) is 9.59 Å². The van der Waals surface area contributed by atoms with Crippen molar-refractivity contribution < 1.29 is 28.5 Å². The molecule has 3 rings (SSSR count). The molecule has 0 aromatic heterocycles. The first-order chi connectivity index (χ1) is 13.5. The van der Waals surface area contributed by atoms with Gasteiger partial charge in [-0.3, -0.25) is 9.59 Å². The number of imide groups is 1. The SMILES string of the molecule is COc1ccc(OC)c(N2C(=O)C(Cl)=C(c3ccc(OC)c(OC)c3)C2=O)c1. The zero-order valence-electron chi connectivity index (χ0n) is 15.7. The van der Waals surface area contributed by atoms with Gasteiger partial charge in [0, 0.05) is 6.07 Å². The van der Waals surface area contributed by atoms with Gasteiger partial charge in [-0.2, -0.15) is 0 Å². The van der Waals surface area contributed by atoms with Gasteiger partial charge in [0.15, 0.2) is 11.5 Å². The number of benzene rings is 2. The van der Waals surface area contributed by atoms with Gasteiger partial charge in [0.1, 0.15) is 16.5 Å². The van der Waals surface area contributed by atoms with Gasteiger partial charge in [0.25, 0.3) is 11.8 Å². The molecule has 2 amide bonds. The standard InChI is InChI=1S/C20H18ClNO6/c1-25-12-6-8-14(26-2)13(10-12)22-19(23)17(18(21)20(22)24)11-5-7-15(27-3)16(9-11)28-4/h5-10H,1-4H3. The molecule has 28 heavy (non-hydrogen) atoms. The topological polar surface area (TPSA) is 74.3 Å². The highest BCUT2D eigenvalue weighted by atomic mass is 35.5. The van der Waals surface area contributed by atoms with Crippen molar-refractivity contribution in [3.63, 3.8) is 0 Å². The van der Waals surface area contributed by atoms with Gasteiger partial charge < -0.3 is 18.9 Å². The average molecular weight is 404 g/mol. The van der Waals surface area contributed by atoms with Crippen molar-refractivity contribution in [2.75, 3.05) is 33.3 Å². The van der Waals surface area contributed by atoms with E-state index in [1.54, 1.807) is 30.3 Å². The maximum absolute atomic E-state index is 13.1. The Balaban J connectivity index is 2.09. The molecule has 1 aliphatic heterocycles. The fourth-order valence-electron chi connectivity index (χ4n) is 2.94. The van der Waals surface area contributed by atoms with Gasteiger partial charge in [-0.1, -0.05) is 17.7 Å². The van der Waals surface area contributed by atoms with Crippen LogP contribution in [-0.4, -0.2) is 40.3 Å². The zero-order valence-corrected chi connectivity index (χ0v) is 16.5. The van der Waals surface area contributed by atoms with Gasteiger partial charge in [0.2, 0.25) is 0 Å². The minimum atomic E-state index is -0.650. The largest absolute Gasteiger partial charge is 0.497 e. The van der Waals surface area contributed by atoms with Crippen molar-refractivity contribution in [2.45, 2.75) is 0 Å². The van der Waals surface area contributed by atoms with Gasteiger partial charge in [0.05, 0.1) is 39.7 Å². The van der Waals surface area contributed by atoms with E-state index in [0.29, 0.717) is 28.6 Å². The van der Waals surface area contributed by atoms with E-state index in [4.69, 9.17) is 30.5 Å². The third-order valence-corrected chi connectivity index (χ3v) is 4.68. The molecule has 0 radical (unpaired) electrons. The summed E-state index contributed by atoms with van der Waals surface area (Å²) in [5.41, 5.74) is 0.744. The Morgan fingerprint density at radius 1 is 0.750 bits per heavy atom. The zero-order chi connectivity index (χ0) is 20.4. The first-order valence-electron chi connectivity index (χ1n) is 8.19. The molecule has 0 atom stereocenters. The van der Waals surface area contributed by atoms with Crippen molar-refractivity contribution >= 4 is 34.7 Å². The van der Waals surface area contributed by atoms with E-state index in [0.717, 1.165) is 4.90 Å². The lowest BCUT2D eigenvalue weighted by atomic mass is 10.1. The maximum atomic E-state index is 13.1. The quantitative estimate of drug-likeness (QED) is 0.689. The molecular formula is C20H18ClNO6. The number of halogens is 1. The van der Waals surface area contributed by atoms with E-state index in [1.807, 2.05) is 0 Å². The molecule has 0 unspecified atom stereocenters. The number of amides is 2. The van der Waals surface area contributed by atoms with E-state index >= 15 is 0 Å². The summed E-state index contributed by atoms with van der Waals surface area (Å²) in [7, 11) is 5.91. The fourth-order valence-corrected chi connectivity index (χ4v) is 3.21. The molecule has 0 spiro atoms. The lowest BCUT2D eigenvalue weighted by Crippen LogP contribution is -2.31.